The van der Waals surface area contributed by atoms with Crippen molar-refractivity contribution in [2.45, 2.75) is 32.0 Å². The van der Waals surface area contributed by atoms with Crippen LogP contribution in [0.1, 0.15) is 35.2 Å². The van der Waals surface area contributed by atoms with E-state index in [4.69, 9.17) is 9.72 Å². The Balaban J connectivity index is 1.49. The summed E-state index contributed by atoms with van der Waals surface area (Å²) in [6.07, 6.45) is 2.34. The molecule has 1 atom stereocenters. The molecule has 0 bridgehead atoms. The highest BCUT2D eigenvalue weighted by molar-refractivity contribution is 7.09. The van der Waals surface area contributed by atoms with Gasteiger partial charge in [-0.2, -0.15) is 0 Å². The first kappa shape index (κ1) is 14.8. The molecule has 0 aliphatic carbocycles. The summed E-state index contributed by atoms with van der Waals surface area (Å²) in [5, 5.41) is 6.13. The van der Waals surface area contributed by atoms with Gasteiger partial charge < -0.3 is 10.1 Å². The van der Waals surface area contributed by atoms with Gasteiger partial charge >= 0.3 is 0 Å². The Labute approximate surface area is 139 Å². The molecule has 120 valence electrons. The predicted molar refractivity (Wildman–Crippen MR) is 89.2 cm³/mol. The van der Waals surface area contributed by atoms with Gasteiger partial charge in [-0.25, -0.2) is 4.98 Å². The minimum absolute atomic E-state index is 0.0320. The molecule has 0 radical (unpaired) electrons. The molecule has 4 rings (SSSR count). The normalized spacial score (nSPS) is 21.7. The van der Waals surface area contributed by atoms with Crippen LogP contribution in [0, 0.1) is 0 Å². The number of aromatic nitrogens is 1. The van der Waals surface area contributed by atoms with E-state index < -0.39 is 0 Å². The molecule has 3 heterocycles. The van der Waals surface area contributed by atoms with E-state index in [9.17, 15) is 4.79 Å². The molecule has 1 amide bonds. The Hall–Kier alpha value is -1.76. The fraction of sp³-hybridized carbons (Fsp3) is 0.412. The Morgan fingerprint density at radius 1 is 1.35 bits per heavy atom. The molecule has 5 nitrogen and oxygen atoms in total. The lowest BCUT2D eigenvalue weighted by atomic mass is 10.1. The van der Waals surface area contributed by atoms with Crippen LogP contribution in [0.2, 0.25) is 0 Å². The van der Waals surface area contributed by atoms with E-state index in [0.29, 0.717) is 13.1 Å². The number of amides is 1. The molecule has 1 saturated heterocycles. The standard InChI is InChI=1S/C17H19N3O2S/c21-16-10-20(8-12-4-1-2-5-14(12)19-16)9-13-11-23-17(18-13)15-6-3-7-22-15/h1-2,4-5,11,15H,3,6-10H2,(H,19,21). The lowest BCUT2D eigenvalue weighted by Crippen LogP contribution is -2.29. The van der Waals surface area contributed by atoms with E-state index >= 15 is 0 Å². The van der Waals surface area contributed by atoms with Crippen molar-refractivity contribution in [3.63, 3.8) is 0 Å². The van der Waals surface area contributed by atoms with Crippen LogP contribution in [0.4, 0.5) is 5.69 Å². The third-order valence-corrected chi connectivity index (χ3v) is 5.20. The number of hydrogen-bond donors (Lipinski definition) is 1. The number of carbonyl (C=O) groups excluding carboxylic acids is 1. The number of benzene rings is 1. The molecule has 1 N–H and O–H groups in total. The van der Waals surface area contributed by atoms with Gasteiger partial charge in [0.25, 0.3) is 0 Å². The third kappa shape index (κ3) is 3.29. The quantitative estimate of drug-likeness (QED) is 0.941. The van der Waals surface area contributed by atoms with Crippen LogP contribution >= 0.6 is 11.3 Å². The maximum absolute atomic E-state index is 12.1. The highest BCUT2D eigenvalue weighted by Crippen LogP contribution is 2.31. The number of nitrogens with zero attached hydrogens (tertiary/aromatic N) is 2. The molecule has 23 heavy (non-hydrogen) atoms. The molecule has 6 heteroatoms. The Kier molecular flexibility index (Phi) is 4.11. The molecule has 1 aromatic heterocycles. The van der Waals surface area contributed by atoms with Crippen LogP contribution in [0.5, 0.6) is 0 Å². The number of carbonyl (C=O) groups is 1. The molecule has 1 aromatic carbocycles. The Morgan fingerprint density at radius 2 is 2.26 bits per heavy atom. The Bertz CT molecular complexity index is 709. The second-order valence-corrected chi connectivity index (χ2v) is 6.92. The first-order chi connectivity index (χ1) is 11.3. The van der Waals surface area contributed by atoms with Gasteiger partial charge in [-0.3, -0.25) is 9.69 Å². The smallest absolute Gasteiger partial charge is 0.238 e. The zero-order valence-corrected chi connectivity index (χ0v) is 13.6. The SMILES string of the molecule is O=C1CN(Cc2csc(C3CCCO3)n2)Cc2ccccc2N1. The number of fused-ring (bicyclic) bond motifs is 1. The van der Waals surface area contributed by atoms with Crippen molar-refractivity contribution in [1.82, 2.24) is 9.88 Å². The van der Waals surface area contributed by atoms with Crippen molar-refractivity contribution in [3.8, 4) is 0 Å². The number of para-hydroxylation sites is 1. The summed E-state index contributed by atoms with van der Waals surface area (Å²) in [7, 11) is 0. The topological polar surface area (TPSA) is 54.5 Å². The summed E-state index contributed by atoms with van der Waals surface area (Å²) in [6, 6.07) is 7.97. The van der Waals surface area contributed by atoms with Crippen molar-refractivity contribution >= 4 is 22.9 Å². The maximum Gasteiger partial charge on any atom is 0.238 e. The molecule has 2 aliphatic rings. The summed E-state index contributed by atoms with van der Waals surface area (Å²) in [6.45, 7) is 2.66. The first-order valence-electron chi connectivity index (χ1n) is 7.94. The average Bonchev–Trinajstić information content (AvgIpc) is 3.17. The van der Waals surface area contributed by atoms with Gasteiger partial charge in [0, 0.05) is 30.8 Å². The van der Waals surface area contributed by atoms with Crippen LogP contribution < -0.4 is 5.32 Å². The molecule has 1 unspecified atom stereocenters. The van der Waals surface area contributed by atoms with E-state index in [1.54, 1.807) is 11.3 Å². The highest BCUT2D eigenvalue weighted by atomic mass is 32.1. The number of thiazole rings is 1. The largest absolute Gasteiger partial charge is 0.371 e. The third-order valence-electron chi connectivity index (χ3n) is 4.21. The number of nitrogens with one attached hydrogen (secondary N) is 1. The van der Waals surface area contributed by atoms with E-state index in [2.05, 4.69) is 21.7 Å². The highest BCUT2D eigenvalue weighted by Gasteiger charge is 2.23. The summed E-state index contributed by atoms with van der Waals surface area (Å²) >= 11 is 1.66. The van der Waals surface area contributed by atoms with E-state index in [1.165, 1.54) is 0 Å². The second kappa shape index (κ2) is 6.39. The lowest BCUT2D eigenvalue weighted by molar-refractivity contribution is -0.117. The van der Waals surface area contributed by atoms with Crippen LogP contribution in [-0.2, 0) is 22.6 Å². The molecule has 1 fully saturated rings. The van der Waals surface area contributed by atoms with Gasteiger partial charge in [0.1, 0.15) is 11.1 Å². The molecular formula is C17H19N3O2S. The van der Waals surface area contributed by atoms with Crippen LogP contribution in [0.25, 0.3) is 0 Å². The number of rotatable bonds is 3. The molecule has 2 aliphatic heterocycles. The van der Waals surface area contributed by atoms with Gasteiger partial charge in [-0.15, -0.1) is 11.3 Å². The Morgan fingerprint density at radius 3 is 3.13 bits per heavy atom. The summed E-state index contributed by atoms with van der Waals surface area (Å²) < 4.78 is 5.70. The van der Waals surface area contributed by atoms with Gasteiger partial charge in [0.15, 0.2) is 0 Å². The maximum atomic E-state index is 12.1. The second-order valence-electron chi connectivity index (χ2n) is 6.03. The van der Waals surface area contributed by atoms with Crippen LogP contribution in [0.15, 0.2) is 29.6 Å². The zero-order valence-electron chi connectivity index (χ0n) is 12.8. The van der Waals surface area contributed by atoms with E-state index in [-0.39, 0.29) is 12.0 Å². The molecule has 2 aromatic rings. The van der Waals surface area contributed by atoms with Crippen molar-refractivity contribution in [2.75, 3.05) is 18.5 Å². The van der Waals surface area contributed by atoms with Crippen molar-refractivity contribution in [2.24, 2.45) is 0 Å². The van der Waals surface area contributed by atoms with Gasteiger partial charge in [0.05, 0.1) is 12.2 Å². The predicted octanol–water partition coefficient (Wildman–Crippen LogP) is 2.95. The van der Waals surface area contributed by atoms with E-state index in [0.717, 1.165) is 47.9 Å². The van der Waals surface area contributed by atoms with Crippen molar-refractivity contribution in [1.29, 1.82) is 0 Å². The van der Waals surface area contributed by atoms with Gasteiger partial charge in [-0.05, 0) is 24.5 Å². The van der Waals surface area contributed by atoms with E-state index in [1.807, 2.05) is 18.2 Å². The summed E-state index contributed by atoms with van der Waals surface area (Å²) in [5.74, 6) is 0.0320. The average molecular weight is 329 g/mol. The summed E-state index contributed by atoms with van der Waals surface area (Å²) in [5.41, 5.74) is 3.08. The first-order valence-corrected chi connectivity index (χ1v) is 8.82. The fourth-order valence-corrected chi connectivity index (χ4v) is 4.02. The van der Waals surface area contributed by atoms with Crippen molar-refractivity contribution in [3.05, 3.63) is 45.9 Å². The minimum atomic E-state index is 0.0320. The minimum Gasteiger partial charge on any atom is -0.371 e. The number of anilines is 1. The molecular weight excluding hydrogens is 310 g/mol. The van der Waals surface area contributed by atoms with Gasteiger partial charge in [0.2, 0.25) is 5.91 Å². The van der Waals surface area contributed by atoms with Crippen LogP contribution in [-0.4, -0.2) is 28.9 Å². The van der Waals surface area contributed by atoms with Gasteiger partial charge in [-0.1, -0.05) is 18.2 Å². The molecule has 0 saturated carbocycles. The summed E-state index contributed by atoms with van der Waals surface area (Å²) in [4.78, 5) is 18.9. The monoisotopic (exact) mass is 329 g/mol. The fourth-order valence-electron chi connectivity index (χ4n) is 3.13. The number of hydrogen-bond acceptors (Lipinski definition) is 5. The van der Waals surface area contributed by atoms with Crippen LogP contribution in [0.3, 0.4) is 0 Å². The number of ether oxygens (including phenoxy) is 1. The lowest BCUT2D eigenvalue weighted by Gasteiger charge is -2.17. The zero-order chi connectivity index (χ0) is 15.6. The molecule has 0 spiro atoms. The van der Waals surface area contributed by atoms with Crippen molar-refractivity contribution < 1.29 is 9.53 Å².